The Morgan fingerprint density at radius 3 is 2.18 bits per heavy atom. The number of carbonyl (C=O) groups is 2. The number of benzene rings is 3. The second-order valence-corrected chi connectivity index (χ2v) is 7.52. The van der Waals surface area contributed by atoms with Gasteiger partial charge in [0.2, 0.25) is 0 Å². The molecule has 0 aliphatic carbocycles. The Balaban J connectivity index is 1.43. The molecule has 0 atom stereocenters. The summed E-state index contributed by atoms with van der Waals surface area (Å²) >= 11 is 0. The fourth-order valence-corrected chi connectivity index (χ4v) is 3.65. The zero-order valence-electron chi connectivity index (χ0n) is 19.0. The predicted molar refractivity (Wildman–Crippen MR) is 131 cm³/mol. The van der Waals surface area contributed by atoms with Gasteiger partial charge < -0.3 is 20.1 Å². The maximum atomic E-state index is 13.0. The van der Waals surface area contributed by atoms with Gasteiger partial charge in [0.25, 0.3) is 11.8 Å². The number of nitrogens with one attached hydrogen (secondary N) is 2. The van der Waals surface area contributed by atoms with Gasteiger partial charge in [-0.25, -0.2) is 4.98 Å². The average molecular weight is 456 g/mol. The molecule has 34 heavy (non-hydrogen) atoms. The Labute approximate surface area is 197 Å². The van der Waals surface area contributed by atoms with E-state index in [1.54, 1.807) is 24.3 Å². The fraction of sp³-hybridized carbons (Fsp3) is 0.148. The monoisotopic (exact) mass is 455 g/mol. The second-order valence-electron chi connectivity index (χ2n) is 7.52. The van der Waals surface area contributed by atoms with Crippen molar-refractivity contribution in [3.63, 3.8) is 0 Å². The van der Waals surface area contributed by atoms with Crippen molar-refractivity contribution in [1.82, 2.24) is 15.6 Å². The van der Waals surface area contributed by atoms with Crippen molar-refractivity contribution in [1.29, 1.82) is 0 Å². The molecule has 0 saturated heterocycles. The topological polar surface area (TPSA) is 89.6 Å². The highest BCUT2D eigenvalue weighted by atomic mass is 16.5. The molecule has 1 heterocycles. The first-order valence-corrected chi connectivity index (χ1v) is 10.8. The molecule has 0 aliphatic heterocycles. The van der Waals surface area contributed by atoms with Crippen LogP contribution >= 0.6 is 0 Å². The average Bonchev–Trinajstić information content (AvgIpc) is 2.90. The summed E-state index contributed by atoms with van der Waals surface area (Å²) < 4.78 is 10.4. The van der Waals surface area contributed by atoms with Crippen LogP contribution in [0.3, 0.4) is 0 Å². The van der Waals surface area contributed by atoms with E-state index in [2.05, 4.69) is 10.6 Å². The van der Waals surface area contributed by atoms with E-state index >= 15 is 0 Å². The Morgan fingerprint density at radius 2 is 1.44 bits per heavy atom. The van der Waals surface area contributed by atoms with Gasteiger partial charge in [0.15, 0.2) is 11.5 Å². The molecule has 0 fully saturated rings. The number of hydrogen-bond donors (Lipinski definition) is 2. The van der Waals surface area contributed by atoms with Crippen LogP contribution in [0.15, 0.2) is 78.9 Å². The third kappa shape index (κ3) is 4.99. The minimum atomic E-state index is -0.268. The molecule has 7 nitrogen and oxygen atoms in total. The molecule has 172 valence electrons. The number of fused-ring (bicyclic) bond motifs is 1. The minimum Gasteiger partial charge on any atom is -0.493 e. The summed E-state index contributed by atoms with van der Waals surface area (Å²) in [5, 5.41) is 6.47. The van der Waals surface area contributed by atoms with Crippen molar-refractivity contribution in [3.05, 3.63) is 90.0 Å². The van der Waals surface area contributed by atoms with Crippen molar-refractivity contribution in [2.24, 2.45) is 0 Å². The Kier molecular flexibility index (Phi) is 7.03. The molecular weight excluding hydrogens is 430 g/mol. The third-order valence-corrected chi connectivity index (χ3v) is 5.37. The lowest BCUT2D eigenvalue weighted by atomic mass is 10.0. The van der Waals surface area contributed by atoms with Gasteiger partial charge in [-0.2, -0.15) is 0 Å². The predicted octanol–water partition coefficient (Wildman–Crippen LogP) is 4.08. The number of nitrogens with zero attached hydrogens (tertiary/aromatic N) is 1. The maximum absolute atomic E-state index is 13.0. The van der Waals surface area contributed by atoms with Crippen LogP contribution in [0.4, 0.5) is 0 Å². The minimum absolute atomic E-state index is 0.226. The number of pyridine rings is 1. The van der Waals surface area contributed by atoms with Crippen molar-refractivity contribution >= 4 is 22.7 Å². The van der Waals surface area contributed by atoms with E-state index < -0.39 is 0 Å². The normalized spacial score (nSPS) is 10.5. The fourth-order valence-electron chi connectivity index (χ4n) is 3.65. The van der Waals surface area contributed by atoms with Crippen molar-refractivity contribution in [2.45, 2.75) is 0 Å². The summed E-state index contributed by atoms with van der Waals surface area (Å²) in [6.45, 7) is 0.544. The number of amides is 2. The summed E-state index contributed by atoms with van der Waals surface area (Å²) in [6.07, 6.45) is 0. The summed E-state index contributed by atoms with van der Waals surface area (Å²) in [4.78, 5) is 30.2. The van der Waals surface area contributed by atoms with Gasteiger partial charge >= 0.3 is 0 Å². The van der Waals surface area contributed by atoms with E-state index in [1.165, 1.54) is 14.2 Å². The van der Waals surface area contributed by atoms with Crippen LogP contribution in [0.2, 0.25) is 0 Å². The van der Waals surface area contributed by atoms with Gasteiger partial charge in [-0.1, -0.05) is 48.5 Å². The molecule has 0 unspecified atom stereocenters. The molecule has 1 aromatic heterocycles. The SMILES string of the molecule is COc1ccc(C(=O)NCCNC(=O)c2cc(-c3ccccc3)nc3ccccc23)cc1OC. The first-order valence-electron chi connectivity index (χ1n) is 10.8. The lowest BCUT2D eigenvalue weighted by Gasteiger charge is -2.12. The van der Waals surface area contributed by atoms with Gasteiger partial charge in [-0.3, -0.25) is 9.59 Å². The number of hydrogen-bond acceptors (Lipinski definition) is 5. The molecule has 7 heteroatoms. The Bertz CT molecular complexity index is 1320. The van der Waals surface area contributed by atoms with Crippen LogP contribution in [0.1, 0.15) is 20.7 Å². The molecule has 0 aliphatic rings. The zero-order chi connectivity index (χ0) is 23.9. The lowest BCUT2D eigenvalue weighted by molar-refractivity contribution is 0.0928. The number of aromatic nitrogens is 1. The lowest BCUT2D eigenvalue weighted by Crippen LogP contribution is -2.34. The highest BCUT2D eigenvalue weighted by Crippen LogP contribution is 2.27. The number of ether oxygens (including phenoxy) is 2. The largest absolute Gasteiger partial charge is 0.493 e. The molecule has 0 spiro atoms. The van der Waals surface area contributed by atoms with Crippen molar-refractivity contribution in [2.75, 3.05) is 27.3 Å². The summed E-state index contributed by atoms with van der Waals surface area (Å²) in [6, 6.07) is 24.0. The van der Waals surface area contributed by atoms with E-state index in [4.69, 9.17) is 14.5 Å². The molecule has 3 aromatic carbocycles. The highest BCUT2D eigenvalue weighted by Gasteiger charge is 2.14. The van der Waals surface area contributed by atoms with E-state index in [0.717, 1.165) is 22.2 Å². The summed E-state index contributed by atoms with van der Waals surface area (Å²) in [7, 11) is 3.05. The van der Waals surface area contributed by atoms with Crippen LogP contribution in [0.5, 0.6) is 11.5 Å². The van der Waals surface area contributed by atoms with Crippen LogP contribution < -0.4 is 20.1 Å². The van der Waals surface area contributed by atoms with E-state index in [9.17, 15) is 9.59 Å². The number of para-hydroxylation sites is 1. The standard InChI is InChI=1S/C27H25N3O4/c1-33-24-13-12-19(16-25(24)34-2)26(31)28-14-15-29-27(32)21-17-23(18-8-4-3-5-9-18)30-22-11-7-6-10-20(21)22/h3-13,16-17H,14-15H2,1-2H3,(H,28,31)(H,29,32). The smallest absolute Gasteiger partial charge is 0.252 e. The first kappa shape index (κ1) is 22.8. The Morgan fingerprint density at radius 1 is 0.765 bits per heavy atom. The molecule has 0 bridgehead atoms. The van der Waals surface area contributed by atoms with E-state index in [0.29, 0.717) is 22.6 Å². The van der Waals surface area contributed by atoms with E-state index in [-0.39, 0.29) is 24.9 Å². The number of carbonyl (C=O) groups excluding carboxylic acids is 2. The van der Waals surface area contributed by atoms with E-state index in [1.807, 2.05) is 54.6 Å². The molecule has 0 saturated carbocycles. The van der Waals surface area contributed by atoms with Gasteiger partial charge in [-0.05, 0) is 30.3 Å². The number of rotatable bonds is 8. The second kappa shape index (κ2) is 10.5. The zero-order valence-corrected chi connectivity index (χ0v) is 19.0. The summed E-state index contributed by atoms with van der Waals surface area (Å²) in [5.41, 5.74) is 3.39. The van der Waals surface area contributed by atoms with Gasteiger partial charge in [-0.15, -0.1) is 0 Å². The van der Waals surface area contributed by atoms with Crippen molar-refractivity contribution in [3.8, 4) is 22.8 Å². The highest BCUT2D eigenvalue weighted by molar-refractivity contribution is 6.07. The summed E-state index contributed by atoms with van der Waals surface area (Å²) in [5.74, 6) is 0.528. The number of methoxy groups -OCH3 is 2. The molecule has 2 amide bonds. The van der Waals surface area contributed by atoms with Crippen LogP contribution in [-0.4, -0.2) is 44.1 Å². The third-order valence-electron chi connectivity index (χ3n) is 5.37. The molecule has 4 rings (SSSR count). The van der Waals surface area contributed by atoms with Crippen molar-refractivity contribution < 1.29 is 19.1 Å². The quantitative estimate of drug-likeness (QED) is 0.391. The van der Waals surface area contributed by atoms with Crippen LogP contribution in [0.25, 0.3) is 22.2 Å². The first-order chi connectivity index (χ1) is 16.6. The van der Waals surface area contributed by atoms with Crippen LogP contribution in [0, 0.1) is 0 Å². The van der Waals surface area contributed by atoms with Gasteiger partial charge in [0, 0.05) is 29.6 Å². The molecule has 2 N–H and O–H groups in total. The molecular formula is C27H25N3O4. The Hall–Kier alpha value is -4.39. The maximum Gasteiger partial charge on any atom is 0.252 e. The van der Waals surface area contributed by atoms with Gasteiger partial charge in [0.1, 0.15) is 0 Å². The molecule has 4 aromatic rings. The van der Waals surface area contributed by atoms with Gasteiger partial charge in [0.05, 0.1) is 31.0 Å². The molecule has 0 radical (unpaired) electrons. The van der Waals surface area contributed by atoms with Crippen LogP contribution in [-0.2, 0) is 0 Å².